The summed E-state index contributed by atoms with van der Waals surface area (Å²) in [6.45, 7) is 7.77. The van der Waals surface area contributed by atoms with E-state index in [2.05, 4.69) is 15.9 Å². The predicted molar refractivity (Wildman–Crippen MR) is 124 cm³/mol. The molecule has 2 amide bonds. The number of halogens is 2. The highest BCUT2D eigenvalue weighted by Crippen LogP contribution is 2.16. The molecular formula is C24H30BrFN2O4. The average molecular weight is 509 g/mol. The van der Waals surface area contributed by atoms with E-state index in [-0.39, 0.29) is 36.8 Å². The fraction of sp³-hybridized carbons (Fsp3) is 0.417. The number of carbonyl (C=O) groups is 2. The van der Waals surface area contributed by atoms with Crippen molar-refractivity contribution in [3.8, 4) is 0 Å². The van der Waals surface area contributed by atoms with E-state index >= 15 is 0 Å². The first-order valence-electron chi connectivity index (χ1n) is 10.4. The lowest BCUT2D eigenvalue weighted by Crippen LogP contribution is -2.48. The van der Waals surface area contributed by atoms with E-state index in [0.717, 1.165) is 11.1 Å². The molecule has 2 aromatic carbocycles. The first-order chi connectivity index (χ1) is 15.1. The molecule has 0 spiro atoms. The van der Waals surface area contributed by atoms with Crippen molar-refractivity contribution in [2.45, 2.75) is 52.5 Å². The monoisotopic (exact) mass is 508 g/mol. The lowest BCUT2D eigenvalue weighted by Gasteiger charge is -2.33. The molecule has 0 N–H and O–H groups in total. The van der Waals surface area contributed by atoms with Gasteiger partial charge in [0.2, 0.25) is 5.91 Å². The van der Waals surface area contributed by atoms with Gasteiger partial charge >= 0.3 is 6.09 Å². The Labute approximate surface area is 197 Å². The van der Waals surface area contributed by atoms with Crippen molar-refractivity contribution in [1.29, 1.82) is 0 Å². The number of benzene rings is 2. The molecule has 2 aromatic rings. The van der Waals surface area contributed by atoms with E-state index in [1.807, 2.05) is 30.3 Å². The van der Waals surface area contributed by atoms with Crippen LogP contribution in [0.25, 0.3) is 0 Å². The maximum Gasteiger partial charge on any atom is 0.434 e. The quantitative estimate of drug-likeness (QED) is 0.340. The minimum absolute atomic E-state index is 0.123. The first kappa shape index (κ1) is 25.8. The van der Waals surface area contributed by atoms with E-state index in [4.69, 9.17) is 9.57 Å². The van der Waals surface area contributed by atoms with Gasteiger partial charge in [-0.1, -0.05) is 58.4 Å². The summed E-state index contributed by atoms with van der Waals surface area (Å²) >= 11 is 3.21. The van der Waals surface area contributed by atoms with Gasteiger partial charge in [0.1, 0.15) is 18.0 Å². The Bertz CT molecular complexity index is 872. The molecule has 0 aliphatic carbocycles. The highest BCUT2D eigenvalue weighted by molar-refractivity contribution is 9.09. The molecule has 6 nitrogen and oxygen atoms in total. The zero-order valence-corrected chi connectivity index (χ0v) is 20.5. The van der Waals surface area contributed by atoms with Crippen LogP contribution < -0.4 is 0 Å². The fourth-order valence-corrected chi connectivity index (χ4v) is 3.28. The number of hydroxylamine groups is 2. The molecule has 0 radical (unpaired) electrons. The lowest BCUT2D eigenvalue weighted by atomic mass is 10.2. The normalized spacial score (nSPS) is 12.2. The van der Waals surface area contributed by atoms with Gasteiger partial charge in [0.15, 0.2) is 0 Å². The number of nitrogens with zero attached hydrogens (tertiary/aromatic N) is 2. The van der Waals surface area contributed by atoms with Crippen LogP contribution in [-0.4, -0.2) is 45.5 Å². The summed E-state index contributed by atoms with van der Waals surface area (Å²) in [6.07, 6.45) is -0.631. The van der Waals surface area contributed by atoms with Crippen molar-refractivity contribution >= 4 is 27.9 Å². The Kier molecular flexibility index (Phi) is 9.65. The number of ether oxygens (including phenoxy) is 1. The summed E-state index contributed by atoms with van der Waals surface area (Å²) in [4.78, 5) is 32.8. The molecule has 0 saturated carbocycles. The minimum atomic E-state index is -0.704. The second-order valence-electron chi connectivity index (χ2n) is 8.45. The second kappa shape index (κ2) is 12.0. The van der Waals surface area contributed by atoms with Gasteiger partial charge in [-0.25, -0.2) is 9.18 Å². The van der Waals surface area contributed by atoms with Crippen molar-refractivity contribution < 1.29 is 23.6 Å². The number of carbonyl (C=O) groups excluding carboxylic acids is 2. The van der Waals surface area contributed by atoms with E-state index < -0.39 is 17.7 Å². The Hall–Kier alpha value is -2.45. The van der Waals surface area contributed by atoms with Crippen LogP contribution >= 0.6 is 15.9 Å². The molecule has 174 valence electrons. The molecule has 0 aliphatic rings. The van der Waals surface area contributed by atoms with Crippen LogP contribution in [0, 0.1) is 5.82 Å². The zero-order valence-electron chi connectivity index (χ0n) is 18.9. The first-order valence-corrected chi connectivity index (χ1v) is 11.5. The van der Waals surface area contributed by atoms with E-state index in [9.17, 15) is 14.0 Å². The largest absolute Gasteiger partial charge is 0.442 e. The van der Waals surface area contributed by atoms with Crippen LogP contribution in [-0.2, 0) is 27.5 Å². The molecule has 0 aromatic heterocycles. The maximum absolute atomic E-state index is 13.3. The molecule has 0 fully saturated rings. The van der Waals surface area contributed by atoms with E-state index in [1.54, 1.807) is 44.7 Å². The predicted octanol–water partition coefficient (Wildman–Crippen LogP) is 5.31. The highest BCUT2D eigenvalue weighted by Gasteiger charge is 2.29. The number of amides is 2. The molecule has 2 rings (SSSR count). The third kappa shape index (κ3) is 8.59. The number of alkyl halides is 1. The highest BCUT2D eigenvalue weighted by atomic mass is 79.9. The number of hydrogen-bond donors (Lipinski definition) is 0. The molecule has 0 saturated heterocycles. The topological polar surface area (TPSA) is 59.1 Å². The van der Waals surface area contributed by atoms with Gasteiger partial charge in [0, 0.05) is 13.1 Å². The maximum atomic E-state index is 13.3. The molecule has 0 aliphatic heterocycles. The van der Waals surface area contributed by atoms with Gasteiger partial charge in [0.05, 0.1) is 11.4 Å². The van der Waals surface area contributed by atoms with Gasteiger partial charge in [-0.2, -0.15) is 5.06 Å². The van der Waals surface area contributed by atoms with Gasteiger partial charge in [-0.15, -0.1) is 0 Å². The number of rotatable bonds is 9. The van der Waals surface area contributed by atoms with Crippen LogP contribution in [0.3, 0.4) is 0 Å². The third-order valence-electron chi connectivity index (χ3n) is 4.43. The Morgan fingerprint density at radius 1 is 1.03 bits per heavy atom. The van der Waals surface area contributed by atoms with Gasteiger partial charge in [-0.3, -0.25) is 9.63 Å². The van der Waals surface area contributed by atoms with Crippen LogP contribution in [0.5, 0.6) is 0 Å². The molecule has 32 heavy (non-hydrogen) atoms. The Morgan fingerprint density at radius 2 is 1.66 bits per heavy atom. The summed E-state index contributed by atoms with van der Waals surface area (Å²) in [5.41, 5.74) is 0.972. The zero-order chi connectivity index (χ0) is 23.7. The van der Waals surface area contributed by atoms with Crippen LogP contribution in [0.2, 0.25) is 0 Å². The van der Waals surface area contributed by atoms with Crippen molar-refractivity contribution in [3.63, 3.8) is 0 Å². The molecule has 0 bridgehead atoms. The molecule has 8 heteroatoms. The fourth-order valence-electron chi connectivity index (χ4n) is 2.93. The smallest absolute Gasteiger partial charge is 0.434 e. The number of hydrogen-bond acceptors (Lipinski definition) is 4. The van der Waals surface area contributed by atoms with Crippen LogP contribution in [0.1, 0.15) is 38.8 Å². The molecule has 1 atom stereocenters. The summed E-state index contributed by atoms with van der Waals surface area (Å²) < 4.78 is 18.8. The minimum Gasteiger partial charge on any atom is -0.442 e. The van der Waals surface area contributed by atoms with Gasteiger partial charge in [-0.05, 0) is 51.0 Å². The van der Waals surface area contributed by atoms with E-state index in [0.29, 0.717) is 0 Å². The van der Waals surface area contributed by atoms with Crippen molar-refractivity contribution in [2.75, 3.05) is 11.9 Å². The summed E-state index contributed by atoms with van der Waals surface area (Å²) in [5.74, 6) is -0.501. The van der Waals surface area contributed by atoms with Gasteiger partial charge in [0.25, 0.3) is 0 Å². The lowest BCUT2D eigenvalue weighted by molar-refractivity contribution is -0.180. The van der Waals surface area contributed by atoms with Crippen molar-refractivity contribution in [1.82, 2.24) is 9.96 Å². The van der Waals surface area contributed by atoms with Crippen LogP contribution in [0.15, 0.2) is 54.6 Å². The summed E-state index contributed by atoms with van der Waals surface area (Å²) in [5, 5.41) is 1.30. The van der Waals surface area contributed by atoms with Crippen molar-refractivity contribution in [3.05, 3.63) is 71.5 Å². The standard InChI is InChI=1S/C24H30BrFN2O4/c1-18(15-27(22(29)14-25)16-19-10-12-21(26)13-11-19)28(23(30)32-24(2,3)4)31-17-20-8-6-5-7-9-20/h5-13,18H,14-17H2,1-4H3. The molecule has 1 unspecified atom stereocenters. The van der Waals surface area contributed by atoms with E-state index in [1.165, 1.54) is 17.2 Å². The molecule has 0 heterocycles. The Morgan fingerprint density at radius 3 is 2.22 bits per heavy atom. The van der Waals surface area contributed by atoms with Crippen molar-refractivity contribution in [2.24, 2.45) is 0 Å². The average Bonchev–Trinajstić information content (AvgIpc) is 2.73. The second-order valence-corrected chi connectivity index (χ2v) is 9.01. The summed E-state index contributed by atoms with van der Waals surface area (Å²) in [7, 11) is 0. The third-order valence-corrected chi connectivity index (χ3v) is 4.90. The molecular weight excluding hydrogens is 479 g/mol. The van der Waals surface area contributed by atoms with Crippen LogP contribution in [0.4, 0.5) is 9.18 Å². The Balaban J connectivity index is 2.17. The van der Waals surface area contributed by atoms with Gasteiger partial charge < -0.3 is 9.64 Å². The summed E-state index contributed by atoms with van der Waals surface area (Å²) in [6, 6.07) is 14.9. The SMILES string of the molecule is CC(CN(Cc1ccc(F)cc1)C(=O)CBr)N(OCc1ccccc1)C(=O)OC(C)(C)C.